The fourth-order valence-corrected chi connectivity index (χ4v) is 5.97. The summed E-state index contributed by atoms with van der Waals surface area (Å²) in [4.78, 5) is 18.3. The lowest BCUT2D eigenvalue weighted by atomic mass is 10.1. The van der Waals surface area contributed by atoms with E-state index in [4.69, 9.17) is 0 Å². The molecule has 1 aliphatic heterocycles. The predicted molar refractivity (Wildman–Crippen MR) is 99.0 cm³/mol. The molecule has 0 radical (unpaired) electrons. The molecule has 1 aromatic heterocycles. The van der Waals surface area contributed by atoms with E-state index >= 15 is 0 Å². The van der Waals surface area contributed by atoms with Crippen LogP contribution >= 0.6 is 11.3 Å². The highest BCUT2D eigenvalue weighted by Crippen LogP contribution is 2.35. The molecule has 0 bridgehead atoms. The maximum atomic E-state index is 12.5. The third-order valence-electron chi connectivity index (χ3n) is 4.67. The second-order valence-electron chi connectivity index (χ2n) is 6.65. The number of carbonyl (C=O) groups is 1. The molecule has 2 heterocycles. The van der Waals surface area contributed by atoms with Crippen LogP contribution in [0.2, 0.25) is 0 Å². The first-order chi connectivity index (χ1) is 11.8. The number of hydrogen-bond donors (Lipinski definition) is 1. The van der Waals surface area contributed by atoms with E-state index in [-0.39, 0.29) is 11.9 Å². The van der Waals surface area contributed by atoms with Gasteiger partial charge in [-0.25, -0.2) is 13.4 Å². The molecule has 1 atom stereocenters. The molecular formula is C17H19N3O3S2. The SMILES string of the molecule is CC1Cc2cc(C(=O)Nc3nc4c(s3)CCC4)ccc2N1S(C)(=O)=O. The minimum Gasteiger partial charge on any atom is -0.298 e. The highest BCUT2D eigenvalue weighted by atomic mass is 32.2. The minimum atomic E-state index is -3.32. The molecule has 0 saturated carbocycles. The van der Waals surface area contributed by atoms with Gasteiger partial charge in [-0.1, -0.05) is 0 Å². The Balaban J connectivity index is 1.58. The maximum Gasteiger partial charge on any atom is 0.257 e. The number of hydrogen-bond acceptors (Lipinski definition) is 5. The van der Waals surface area contributed by atoms with Gasteiger partial charge >= 0.3 is 0 Å². The topological polar surface area (TPSA) is 79.4 Å². The zero-order valence-corrected chi connectivity index (χ0v) is 15.7. The molecule has 0 saturated heterocycles. The number of amides is 1. The molecule has 6 nitrogen and oxygen atoms in total. The van der Waals surface area contributed by atoms with E-state index in [1.54, 1.807) is 29.5 Å². The molecule has 1 N–H and O–H groups in total. The fraction of sp³-hybridized carbons (Fsp3) is 0.412. The summed E-state index contributed by atoms with van der Waals surface area (Å²) in [6.07, 6.45) is 4.99. The number of benzene rings is 1. The van der Waals surface area contributed by atoms with Crippen LogP contribution in [0.5, 0.6) is 0 Å². The largest absolute Gasteiger partial charge is 0.298 e. The molecule has 1 aliphatic carbocycles. The van der Waals surface area contributed by atoms with Crippen LogP contribution in [0.1, 0.15) is 39.8 Å². The second kappa shape index (κ2) is 5.81. The van der Waals surface area contributed by atoms with E-state index < -0.39 is 10.0 Å². The number of fused-ring (bicyclic) bond motifs is 2. The number of rotatable bonds is 3. The third-order valence-corrected chi connectivity index (χ3v) is 7.01. The minimum absolute atomic E-state index is 0.134. The smallest absolute Gasteiger partial charge is 0.257 e. The van der Waals surface area contributed by atoms with E-state index in [1.807, 2.05) is 6.92 Å². The van der Waals surface area contributed by atoms with Crippen LogP contribution in [0.15, 0.2) is 18.2 Å². The van der Waals surface area contributed by atoms with Crippen molar-refractivity contribution in [1.82, 2.24) is 4.98 Å². The number of anilines is 2. The molecule has 1 amide bonds. The van der Waals surface area contributed by atoms with Crippen molar-refractivity contribution < 1.29 is 13.2 Å². The van der Waals surface area contributed by atoms with Crippen molar-refractivity contribution in [2.45, 2.75) is 38.6 Å². The first kappa shape index (κ1) is 16.5. The lowest BCUT2D eigenvalue weighted by Crippen LogP contribution is -2.34. The number of nitrogens with zero attached hydrogens (tertiary/aromatic N) is 2. The van der Waals surface area contributed by atoms with Crippen molar-refractivity contribution in [3.63, 3.8) is 0 Å². The van der Waals surface area contributed by atoms with E-state index in [9.17, 15) is 13.2 Å². The molecule has 1 unspecified atom stereocenters. The van der Waals surface area contributed by atoms with Gasteiger partial charge < -0.3 is 0 Å². The highest BCUT2D eigenvalue weighted by Gasteiger charge is 2.32. The highest BCUT2D eigenvalue weighted by molar-refractivity contribution is 7.92. The van der Waals surface area contributed by atoms with Gasteiger partial charge in [0.05, 0.1) is 17.6 Å². The quantitative estimate of drug-likeness (QED) is 0.892. The van der Waals surface area contributed by atoms with Gasteiger partial charge in [0.1, 0.15) is 0 Å². The molecule has 25 heavy (non-hydrogen) atoms. The first-order valence-corrected chi connectivity index (χ1v) is 10.9. The molecule has 0 fully saturated rings. The van der Waals surface area contributed by atoms with Crippen LogP contribution in [0.3, 0.4) is 0 Å². The van der Waals surface area contributed by atoms with Crippen molar-refractivity contribution in [3.05, 3.63) is 39.9 Å². The molecular weight excluding hydrogens is 358 g/mol. The summed E-state index contributed by atoms with van der Waals surface area (Å²) >= 11 is 1.54. The van der Waals surface area contributed by atoms with Crippen molar-refractivity contribution in [3.8, 4) is 0 Å². The third kappa shape index (κ3) is 2.93. The van der Waals surface area contributed by atoms with Crippen molar-refractivity contribution in [2.75, 3.05) is 15.9 Å². The number of sulfonamides is 1. The fourth-order valence-electron chi connectivity index (χ4n) is 3.66. The average Bonchev–Trinajstić information content (AvgIpc) is 3.16. The summed E-state index contributed by atoms with van der Waals surface area (Å²) in [5.74, 6) is -0.208. The molecule has 1 aromatic carbocycles. The molecule has 132 valence electrons. The summed E-state index contributed by atoms with van der Waals surface area (Å²) in [7, 11) is -3.32. The summed E-state index contributed by atoms with van der Waals surface area (Å²) in [5, 5.41) is 3.51. The standard InChI is InChI=1S/C17H19N3O3S2/c1-10-8-12-9-11(6-7-14(12)20(10)25(2,22)23)16(21)19-17-18-13-4-3-5-15(13)24-17/h6-7,9-10H,3-5,8H2,1-2H3,(H,18,19,21). The van der Waals surface area contributed by atoms with Gasteiger partial charge in [-0.15, -0.1) is 11.3 Å². The lowest BCUT2D eigenvalue weighted by molar-refractivity contribution is 0.102. The van der Waals surface area contributed by atoms with Crippen LogP contribution in [0, 0.1) is 0 Å². The Hall–Kier alpha value is -1.93. The Labute approximate surface area is 150 Å². The molecule has 4 rings (SSSR count). The number of aryl methyl sites for hydroxylation is 2. The summed E-state index contributed by atoms with van der Waals surface area (Å²) in [6.45, 7) is 1.87. The summed E-state index contributed by atoms with van der Waals surface area (Å²) in [6, 6.07) is 5.04. The second-order valence-corrected chi connectivity index (χ2v) is 9.60. The van der Waals surface area contributed by atoms with Crippen LogP contribution in [0.4, 0.5) is 10.8 Å². The van der Waals surface area contributed by atoms with Crippen molar-refractivity contribution in [2.24, 2.45) is 0 Å². The predicted octanol–water partition coefficient (Wildman–Crippen LogP) is 2.59. The van der Waals surface area contributed by atoms with Crippen LogP contribution < -0.4 is 9.62 Å². The average molecular weight is 377 g/mol. The number of thiazole rings is 1. The summed E-state index contributed by atoms with van der Waals surface area (Å²) in [5.41, 5.74) is 3.18. The summed E-state index contributed by atoms with van der Waals surface area (Å²) < 4.78 is 25.4. The van der Waals surface area contributed by atoms with Crippen molar-refractivity contribution >= 4 is 38.1 Å². The van der Waals surface area contributed by atoms with Gasteiger partial charge in [-0.2, -0.15) is 0 Å². The first-order valence-electron chi connectivity index (χ1n) is 8.25. The van der Waals surface area contributed by atoms with Gasteiger partial charge in [0.15, 0.2) is 5.13 Å². The monoisotopic (exact) mass is 377 g/mol. The van der Waals surface area contributed by atoms with Gasteiger partial charge in [0, 0.05) is 16.5 Å². The number of carbonyl (C=O) groups excluding carboxylic acids is 1. The van der Waals surface area contributed by atoms with Gasteiger partial charge in [0.2, 0.25) is 10.0 Å². The van der Waals surface area contributed by atoms with Gasteiger partial charge in [0.25, 0.3) is 5.91 Å². The van der Waals surface area contributed by atoms with Crippen LogP contribution in [0.25, 0.3) is 0 Å². The van der Waals surface area contributed by atoms with Gasteiger partial charge in [-0.05, 0) is 56.4 Å². The Morgan fingerprint density at radius 2 is 2.16 bits per heavy atom. The Bertz CT molecular complexity index is 944. The Kier molecular flexibility index (Phi) is 3.84. The van der Waals surface area contributed by atoms with Crippen LogP contribution in [-0.4, -0.2) is 31.6 Å². The van der Waals surface area contributed by atoms with Gasteiger partial charge in [-0.3, -0.25) is 14.4 Å². The number of nitrogens with one attached hydrogen (secondary N) is 1. The molecule has 0 spiro atoms. The maximum absolute atomic E-state index is 12.5. The normalized spacial score (nSPS) is 19.0. The Morgan fingerprint density at radius 3 is 2.88 bits per heavy atom. The lowest BCUT2D eigenvalue weighted by Gasteiger charge is -2.21. The van der Waals surface area contributed by atoms with E-state index in [2.05, 4.69) is 10.3 Å². The zero-order chi connectivity index (χ0) is 17.8. The molecule has 2 aliphatic rings. The zero-order valence-electron chi connectivity index (χ0n) is 14.1. The molecule has 8 heteroatoms. The number of aromatic nitrogens is 1. The molecule has 2 aromatic rings. The van der Waals surface area contributed by atoms with E-state index in [1.165, 1.54) is 15.4 Å². The van der Waals surface area contributed by atoms with Crippen molar-refractivity contribution in [1.29, 1.82) is 0 Å². The Morgan fingerprint density at radius 1 is 1.36 bits per heavy atom. The van der Waals surface area contributed by atoms with E-state index in [0.29, 0.717) is 22.8 Å². The van der Waals surface area contributed by atoms with E-state index in [0.717, 1.165) is 30.5 Å². The van der Waals surface area contributed by atoms with Crippen LogP contribution in [-0.2, 0) is 29.3 Å².